The first-order chi connectivity index (χ1) is 13.1. The van der Waals surface area contributed by atoms with Gasteiger partial charge >= 0.3 is 0 Å². The van der Waals surface area contributed by atoms with Crippen molar-refractivity contribution < 1.29 is 4.79 Å². The summed E-state index contributed by atoms with van der Waals surface area (Å²) in [4.78, 5) is 26.4. The first kappa shape index (κ1) is 18.0. The zero-order valence-corrected chi connectivity index (χ0v) is 16.3. The van der Waals surface area contributed by atoms with Gasteiger partial charge in [0.05, 0.1) is 12.0 Å². The Hall–Kier alpha value is -2.43. The van der Waals surface area contributed by atoms with Crippen molar-refractivity contribution in [3.05, 3.63) is 53.3 Å². The summed E-state index contributed by atoms with van der Waals surface area (Å²) >= 11 is 0. The Kier molecular flexibility index (Phi) is 5.10. The third kappa shape index (κ3) is 3.68. The van der Waals surface area contributed by atoms with E-state index in [1.165, 1.54) is 16.7 Å². The van der Waals surface area contributed by atoms with Gasteiger partial charge in [0.15, 0.2) is 0 Å². The molecule has 0 unspecified atom stereocenters. The normalized spacial score (nSPS) is 22.9. The summed E-state index contributed by atoms with van der Waals surface area (Å²) < 4.78 is 0. The first-order valence-corrected chi connectivity index (χ1v) is 10.0. The van der Waals surface area contributed by atoms with Gasteiger partial charge in [-0.3, -0.25) is 4.79 Å². The third-order valence-corrected chi connectivity index (χ3v) is 6.06. The van der Waals surface area contributed by atoms with Crippen molar-refractivity contribution in [1.82, 2.24) is 14.9 Å². The highest BCUT2D eigenvalue weighted by atomic mass is 16.2. The number of nitrogens with zero attached hydrogens (tertiary/aromatic N) is 4. The number of likely N-dealkylation sites (tertiary alicyclic amines) is 1. The molecule has 0 radical (unpaired) electrons. The van der Waals surface area contributed by atoms with E-state index in [1.807, 2.05) is 6.07 Å². The molecule has 0 spiro atoms. The third-order valence-electron chi connectivity index (χ3n) is 6.06. The lowest BCUT2D eigenvalue weighted by molar-refractivity contribution is -0.136. The number of hydrogen-bond donors (Lipinski definition) is 0. The van der Waals surface area contributed by atoms with Crippen LogP contribution in [0.15, 0.2) is 36.7 Å². The number of anilines is 1. The van der Waals surface area contributed by atoms with E-state index in [-0.39, 0.29) is 12.0 Å². The summed E-state index contributed by atoms with van der Waals surface area (Å²) in [5, 5.41) is 0. The van der Waals surface area contributed by atoms with Crippen molar-refractivity contribution in [3.8, 4) is 0 Å². The first-order valence-electron chi connectivity index (χ1n) is 10.0. The summed E-state index contributed by atoms with van der Waals surface area (Å²) in [6.07, 6.45) is 7.65. The highest BCUT2D eigenvalue weighted by Crippen LogP contribution is 2.35. The predicted octanol–water partition coefficient (Wildman–Crippen LogP) is 3.67. The molecule has 5 nitrogen and oxygen atoms in total. The molecular formula is C22H28N4O. The van der Waals surface area contributed by atoms with Crippen molar-refractivity contribution in [2.45, 2.75) is 45.6 Å². The topological polar surface area (TPSA) is 49.3 Å². The molecule has 5 heteroatoms. The largest absolute Gasteiger partial charge is 0.340 e. The average Bonchev–Trinajstić information content (AvgIpc) is 3.20. The zero-order chi connectivity index (χ0) is 18.8. The number of carbonyl (C=O) groups is 1. The number of aromatic nitrogens is 2. The average molecular weight is 364 g/mol. The fourth-order valence-corrected chi connectivity index (χ4v) is 4.40. The van der Waals surface area contributed by atoms with E-state index in [1.54, 1.807) is 12.4 Å². The second-order valence-corrected chi connectivity index (χ2v) is 7.87. The molecule has 2 saturated heterocycles. The van der Waals surface area contributed by atoms with E-state index in [0.717, 1.165) is 51.3 Å². The van der Waals surface area contributed by atoms with Gasteiger partial charge in [-0.25, -0.2) is 9.97 Å². The van der Waals surface area contributed by atoms with Crippen LogP contribution >= 0.6 is 0 Å². The van der Waals surface area contributed by atoms with Crippen molar-refractivity contribution >= 4 is 11.9 Å². The van der Waals surface area contributed by atoms with Crippen LogP contribution in [0.25, 0.3) is 0 Å². The molecule has 1 aromatic heterocycles. The van der Waals surface area contributed by atoms with Crippen LogP contribution in [0.3, 0.4) is 0 Å². The van der Waals surface area contributed by atoms with E-state index >= 15 is 0 Å². The quantitative estimate of drug-likeness (QED) is 0.834. The maximum atomic E-state index is 13.4. The Morgan fingerprint density at radius 1 is 1.04 bits per heavy atom. The van der Waals surface area contributed by atoms with Crippen LogP contribution in [-0.4, -0.2) is 40.4 Å². The minimum absolute atomic E-state index is 0.0368. The SMILES string of the molecule is Cc1ccc([C@H]2CCCN2C(=O)[C@@H]2CCCN(c3ncccn3)C2)cc1C. The Bertz CT molecular complexity index is 807. The van der Waals surface area contributed by atoms with E-state index < -0.39 is 0 Å². The van der Waals surface area contributed by atoms with Crippen LogP contribution in [0.4, 0.5) is 5.95 Å². The van der Waals surface area contributed by atoms with Gasteiger partial charge in [-0.2, -0.15) is 0 Å². The molecule has 1 aromatic carbocycles. The lowest BCUT2D eigenvalue weighted by Crippen LogP contribution is -2.45. The van der Waals surface area contributed by atoms with Gasteiger partial charge in [0.1, 0.15) is 0 Å². The number of piperidine rings is 1. The van der Waals surface area contributed by atoms with E-state index in [4.69, 9.17) is 0 Å². The van der Waals surface area contributed by atoms with Crippen LogP contribution in [0.5, 0.6) is 0 Å². The van der Waals surface area contributed by atoms with Crippen LogP contribution in [0, 0.1) is 19.8 Å². The monoisotopic (exact) mass is 364 g/mol. The summed E-state index contributed by atoms with van der Waals surface area (Å²) in [6.45, 7) is 6.81. The number of aryl methyl sites for hydroxylation is 2. The highest BCUT2D eigenvalue weighted by Gasteiger charge is 2.36. The molecule has 0 bridgehead atoms. The minimum Gasteiger partial charge on any atom is -0.340 e. The second-order valence-electron chi connectivity index (χ2n) is 7.87. The van der Waals surface area contributed by atoms with E-state index in [9.17, 15) is 4.79 Å². The molecule has 0 aliphatic carbocycles. The molecule has 4 rings (SSSR count). The van der Waals surface area contributed by atoms with Crippen molar-refractivity contribution in [3.63, 3.8) is 0 Å². The number of amides is 1. The van der Waals surface area contributed by atoms with Gasteiger partial charge < -0.3 is 9.80 Å². The van der Waals surface area contributed by atoms with Gasteiger partial charge in [-0.1, -0.05) is 18.2 Å². The molecule has 27 heavy (non-hydrogen) atoms. The summed E-state index contributed by atoms with van der Waals surface area (Å²) in [5.74, 6) is 1.08. The predicted molar refractivity (Wildman–Crippen MR) is 107 cm³/mol. The van der Waals surface area contributed by atoms with Gasteiger partial charge in [-0.05, 0) is 62.3 Å². The van der Waals surface area contributed by atoms with Gasteiger partial charge in [-0.15, -0.1) is 0 Å². The second kappa shape index (κ2) is 7.67. The fraction of sp³-hybridized carbons (Fsp3) is 0.500. The van der Waals surface area contributed by atoms with Crippen molar-refractivity contribution in [2.24, 2.45) is 5.92 Å². The Labute approximate surface area is 161 Å². The molecule has 0 saturated carbocycles. The molecule has 0 N–H and O–H groups in total. The maximum absolute atomic E-state index is 13.4. The number of carbonyl (C=O) groups excluding carboxylic acids is 1. The van der Waals surface area contributed by atoms with Crippen LogP contribution < -0.4 is 4.90 Å². The van der Waals surface area contributed by atoms with Crippen LogP contribution in [-0.2, 0) is 4.79 Å². The zero-order valence-electron chi connectivity index (χ0n) is 16.3. The standard InChI is InChI=1S/C22H28N4O/c1-16-8-9-18(14-17(16)2)20-7-4-13-26(20)21(27)19-6-3-12-25(15-19)22-23-10-5-11-24-22/h5,8-11,14,19-20H,3-4,6-7,12-13,15H2,1-2H3/t19-,20-/m1/s1. The van der Waals surface area contributed by atoms with Gasteiger partial charge in [0.2, 0.25) is 11.9 Å². The van der Waals surface area contributed by atoms with E-state index in [0.29, 0.717) is 5.91 Å². The maximum Gasteiger partial charge on any atom is 0.227 e. The minimum atomic E-state index is 0.0368. The molecule has 2 aliphatic heterocycles. The van der Waals surface area contributed by atoms with Crippen molar-refractivity contribution in [2.75, 3.05) is 24.5 Å². The lowest BCUT2D eigenvalue weighted by atomic mass is 9.95. The molecule has 2 aromatic rings. The van der Waals surface area contributed by atoms with Gasteiger partial charge in [0.25, 0.3) is 0 Å². The van der Waals surface area contributed by atoms with E-state index in [2.05, 4.69) is 51.8 Å². The van der Waals surface area contributed by atoms with Crippen molar-refractivity contribution in [1.29, 1.82) is 0 Å². The smallest absolute Gasteiger partial charge is 0.227 e. The Balaban J connectivity index is 1.50. The molecule has 2 fully saturated rings. The number of rotatable bonds is 3. The van der Waals surface area contributed by atoms with Gasteiger partial charge in [0, 0.05) is 32.0 Å². The summed E-state index contributed by atoms with van der Waals surface area (Å²) in [5.41, 5.74) is 3.89. The van der Waals surface area contributed by atoms with Crippen LogP contribution in [0.1, 0.15) is 48.4 Å². The fourth-order valence-electron chi connectivity index (χ4n) is 4.40. The molecule has 2 aliphatic rings. The molecule has 2 atom stereocenters. The number of benzene rings is 1. The summed E-state index contributed by atoms with van der Waals surface area (Å²) in [6, 6.07) is 8.69. The summed E-state index contributed by atoms with van der Waals surface area (Å²) in [7, 11) is 0. The Morgan fingerprint density at radius 3 is 2.59 bits per heavy atom. The molecule has 3 heterocycles. The lowest BCUT2D eigenvalue weighted by Gasteiger charge is -2.35. The van der Waals surface area contributed by atoms with Crippen LogP contribution in [0.2, 0.25) is 0 Å². The molecule has 142 valence electrons. The highest BCUT2D eigenvalue weighted by molar-refractivity contribution is 5.80. The Morgan fingerprint density at radius 2 is 1.81 bits per heavy atom. The molecule has 1 amide bonds. The number of hydrogen-bond acceptors (Lipinski definition) is 4. The molecular weight excluding hydrogens is 336 g/mol.